The third-order valence-electron chi connectivity index (χ3n) is 2.59. The molecule has 0 aliphatic carbocycles. The lowest BCUT2D eigenvalue weighted by molar-refractivity contribution is 0.120. The van der Waals surface area contributed by atoms with Crippen molar-refractivity contribution < 1.29 is 14.6 Å². The van der Waals surface area contributed by atoms with Gasteiger partial charge in [0.15, 0.2) is 11.5 Å². The molecule has 0 aliphatic rings. The van der Waals surface area contributed by atoms with Crippen LogP contribution in [0.1, 0.15) is 26.3 Å². The Morgan fingerprint density at radius 3 is 2.53 bits per heavy atom. The first-order valence-electron chi connectivity index (χ1n) is 6.71. The standard InChI is InChI=1S/C15H25NO3/c1-11(2)8-16-9-13-5-6-14(15(7-13)18-4)19-10-12(3)17/h5-7,11-12,16-17H,8-10H2,1-4H3. The highest BCUT2D eigenvalue weighted by Crippen LogP contribution is 2.28. The van der Waals surface area contributed by atoms with Gasteiger partial charge in [-0.1, -0.05) is 19.9 Å². The maximum absolute atomic E-state index is 9.22. The number of ether oxygens (including phenoxy) is 2. The number of rotatable bonds is 8. The van der Waals surface area contributed by atoms with E-state index in [0.29, 0.717) is 17.4 Å². The summed E-state index contributed by atoms with van der Waals surface area (Å²) < 4.78 is 10.8. The first-order valence-corrected chi connectivity index (χ1v) is 6.71. The predicted molar refractivity (Wildman–Crippen MR) is 76.7 cm³/mol. The van der Waals surface area contributed by atoms with Gasteiger partial charge in [-0.3, -0.25) is 0 Å². The number of hydrogen-bond acceptors (Lipinski definition) is 4. The van der Waals surface area contributed by atoms with E-state index in [-0.39, 0.29) is 6.61 Å². The molecule has 1 unspecified atom stereocenters. The van der Waals surface area contributed by atoms with E-state index < -0.39 is 6.10 Å². The summed E-state index contributed by atoms with van der Waals surface area (Å²) in [5, 5.41) is 12.6. The van der Waals surface area contributed by atoms with Crippen LogP contribution in [-0.2, 0) is 6.54 Å². The lowest BCUT2D eigenvalue weighted by Crippen LogP contribution is -2.19. The molecule has 0 heterocycles. The molecule has 4 nitrogen and oxygen atoms in total. The second-order valence-corrected chi connectivity index (χ2v) is 5.17. The zero-order valence-corrected chi connectivity index (χ0v) is 12.3. The molecule has 1 aromatic carbocycles. The maximum Gasteiger partial charge on any atom is 0.161 e. The summed E-state index contributed by atoms with van der Waals surface area (Å²) in [5.74, 6) is 2.00. The van der Waals surface area contributed by atoms with Crippen molar-refractivity contribution >= 4 is 0 Å². The van der Waals surface area contributed by atoms with E-state index in [0.717, 1.165) is 18.7 Å². The highest BCUT2D eigenvalue weighted by atomic mass is 16.5. The highest BCUT2D eigenvalue weighted by Gasteiger charge is 2.07. The Hall–Kier alpha value is -1.26. The van der Waals surface area contributed by atoms with Crippen LogP contribution in [0.5, 0.6) is 11.5 Å². The molecular formula is C15H25NO3. The Morgan fingerprint density at radius 2 is 1.95 bits per heavy atom. The molecule has 1 rings (SSSR count). The fourth-order valence-electron chi connectivity index (χ4n) is 1.66. The Labute approximate surface area is 115 Å². The van der Waals surface area contributed by atoms with Crippen molar-refractivity contribution in [1.82, 2.24) is 5.32 Å². The van der Waals surface area contributed by atoms with Crippen molar-refractivity contribution in [3.63, 3.8) is 0 Å². The number of hydrogen-bond donors (Lipinski definition) is 2. The highest BCUT2D eigenvalue weighted by molar-refractivity contribution is 5.42. The normalized spacial score (nSPS) is 12.5. The van der Waals surface area contributed by atoms with Crippen molar-refractivity contribution in [2.75, 3.05) is 20.3 Å². The summed E-state index contributed by atoms with van der Waals surface area (Å²) in [6.07, 6.45) is -0.489. The number of benzene rings is 1. The van der Waals surface area contributed by atoms with Crippen LogP contribution >= 0.6 is 0 Å². The molecule has 19 heavy (non-hydrogen) atoms. The lowest BCUT2D eigenvalue weighted by atomic mass is 10.2. The molecule has 0 saturated carbocycles. The molecule has 108 valence electrons. The molecule has 1 atom stereocenters. The molecule has 0 aromatic heterocycles. The van der Waals surface area contributed by atoms with E-state index in [1.165, 1.54) is 0 Å². The van der Waals surface area contributed by atoms with Crippen LogP contribution in [0.15, 0.2) is 18.2 Å². The molecule has 0 fully saturated rings. The molecule has 0 saturated heterocycles. The van der Waals surface area contributed by atoms with Crippen LogP contribution in [0.3, 0.4) is 0 Å². The van der Waals surface area contributed by atoms with Crippen LogP contribution < -0.4 is 14.8 Å². The van der Waals surface area contributed by atoms with Crippen LogP contribution in [-0.4, -0.2) is 31.5 Å². The van der Waals surface area contributed by atoms with E-state index in [4.69, 9.17) is 9.47 Å². The fourth-order valence-corrected chi connectivity index (χ4v) is 1.66. The van der Waals surface area contributed by atoms with Crippen LogP contribution in [0.4, 0.5) is 0 Å². The van der Waals surface area contributed by atoms with Gasteiger partial charge >= 0.3 is 0 Å². The fraction of sp³-hybridized carbons (Fsp3) is 0.600. The van der Waals surface area contributed by atoms with Gasteiger partial charge in [0.2, 0.25) is 0 Å². The summed E-state index contributed by atoms with van der Waals surface area (Å²) in [5.41, 5.74) is 1.15. The largest absolute Gasteiger partial charge is 0.493 e. The van der Waals surface area contributed by atoms with E-state index in [1.807, 2.05) is 18.2 Å². The molecular weight excluding hydrogens is 242 g/mol. The van der Waals surface area contributed by atoms with E-state index in [2.05, 4.69) is 19.2 Å². The second-order valence-electron chi connectivity index (χ2n) is 5.17. The van der Waals surface area contributed by atoms with Gasteiger partial charge in [0.25, 0.3) is 0 Å². The van der Waals surface area contributed by atoms with Crippen LogP contribution in [0.25, 0.3) is 0 Å². The SMILES string of the molecule is COc1cc(CNCC(C)C)ccc1OCC(C)O. The Bertz CT molecular complexity index is 378. The average Bonchev–Trinajstić information content (AvgIpc) is 2.36. The first-order chi connectivity index (χ1) is 9.02. The molecule has 4 heteroatoms. The van der Waals surface area contributed by atoms with Crippen molar-refractivity contribution in [2.45, 2.75) is 33.4 Å². The molecule has 2 N–H and O–H groups in total. The van der Waals surface area contributed by atoms with Gasteiger partial charge < -0.3 is 19.9 Å². The third-order valence-corrected chi connectivity index (χ3v) is 2.59. The maximum atomic E-state index is 9.22. The minimum Gasteiger partial charge on any atom is -0.493 e. The van der Waals surface area contributed by atoms with Gasteiger partial charge in [0.1, 0.15) is 6.61 Å². The topological polar surface area (TPSA) is 50.7 Å². The minimum atomic E-state index is -0.489. The molecule has 0 radical (unpaired) electrons. The predicted octanol–water partition coefficient (Wildman–Crippen LogP) is 2.20. The lowest BCUT2D eigenvalue weighted by Gasteiger charge is -2.14. The zero-order valence-electron chi connectivity index (χ0n) is 12.3. The summed E-state index contributed by atoms with van der Waals surface area (Å²) in [6, 6.07) is 5.85. The minimum absolute atomic E-state index is 0.265. The van der Waals surface area contributed by atoms with E-state index >= 15 is 0 Å². The third kappa shape index (κ3) is 5.94. The Kier molecular flexibility index (Phi) is 6.67. The van der Waals surface area contributed by atoms with Gasteiger partial charge in [-0.15, -0.1) is 0 Å². The van der Waals surface area contributed by atoms with Crippen LogP contribution in [0, 0.1) is 5.92 Å². The number of aliphatic hydroxyl groups is 1. The first kappa shape index (κ1) is 15.8. The number of nitrogens with one attached hydrogen (secondary N) is 1. The van der Waals surface area contributed by atoms with Gasteiger partial charge in [0, 0.05) is 6.54 Å². The second kappa shape index (κ2) is 8.02. The molecule has 1 aromatic rings. The zero-order chi connectivity index (χ0) is 14.3. The smallest absolute Gasteiger partial charge is 0.161 e. The monoisotopic (exact) mass is 267 g/mol. The van der Waals surface area contributed by atoms with Gasteiger partial charge in [-0.2, -0.15) is 0 Å². The number of methoxy groups -OCH3 is 1. The average molecular weight is 267 g/mol. The molecule has 0 amide bonds. The summed E-state index contributed by atoms with van der Waals surface area (Å²) in [7, 11) is 1.62. The van der Waals surface area contributed by atoms with Crippen molar-refractivity contribution in [3.8, 4) is 11.5 Å². The van der Waals surface area contributed by atoms with E-state index in [1.54, 1.807) is 14.0 Å². The molecule has 0 aliphatic heterocycles. The van der Waals surface area contributed by atoms with Crippen molar-refractivity contribution in [1.29, 1.82) is 0 Å². The summed E-state index contributed by atoms with van der Waals surface area (Å²) in [4.78, 5) is 0. The molecule has 0 bridgehead atoms. The Morgan fingerprint density at radius 1 is 1.21 bits per heavy atom. The van der Waals surface area contributed by atoms with Crippen LogP contribution in [0.2, 0.25) is 0 Å². The van der Waals surface area contributed by atoms with Gasteiger partial charge in [0.05, 0.1) is 13.2 Å². The quantitative estimate of drug-likeness (QED) is 0.758. The van der Waals surface area contributed by atoms with Gasteiger partial charge in [-0.25, -0.2) is 0 Å². The van der Waals surface area contributed by atoms with Gasteiger partial charge in [-0.05, 0) is 37.1 Å². The number of aliphatic hydroxyl groups excluding tert-OH is 1. The molecule has 0 spiro atoms. The Balaban J connectivity index is 2.61. The summed E-state index contributed by atoms with van der Waals surface area (Å²) in [6.45, 7) is 8.12. The van der Waals surface area contributed by atoms with Crippen molar-refractivity contribution in [2.24, 2.45) is 5.92 Å². The van der Waals surface area contributed by atoms with Crippen molar-refractivity contribution in [3.05, 3.63) is 23.8 Å². The summed E-state index contributed by atoms with van der Waals surface area (Å²) >= 11 is 0. The van der Waals surface area contributed by atoms with E-state index in [9.17, 15) is 5.11 Å².